The van der Waals surface area contributed by atoms with Crippen molar-refractivity contribution in [1.29, 1.82) is 0 Å². The maximum atomic E-state index is 9.60. The van der Waals surface area contributed by atoms with Crippen LogP contribution in [0, 0.1) is 0 Å². The smallest absolute Gasteiger partial charge is 0.261 e. The summed E-state index contributed by atoms with van der Waals surface area (Å²) >= 11 is 0. The number of ether oxygens (including phenoxy) is 1. The Bertz CT molecular complexity index is 687. The standard InChI is InChI=1S/C23H32O3Si/c1-22(2,3)27(20-11-7-5-8-12-20,21-13-9-6-10-14-21)25-17-19-15-16-23(4,18-24)26-19/h5-14,19,24H,15-18H2,1-4H3/t19-,23-/m1/s1. The Labute approximate surface area is 164 Å². The van der Waals surface area contributed by atoms with E-state index in [0.29, 0.717) is 6.61 Å². The fraction of sp³-hybridized carbons (Fsp3) is 0.478. The predicted molar refractivity (Wildman–Crippen MR) is 113 cm³/mol. The molecule has 0 saturated carbocycles. The molecular weight excluding hydrogens is 352 g/mol. The first-order valence-electron chi connectivity index (χ1n) is 9.84. The molecule has 2 aromatic carbocycles. The molecule has 2 aromatic rings. The summed E-state index contributed by atoms with van der Waals surface area (Å²) in [7, 11) is -2.52. The maximum Gasteiger partial charge on any atom is 0.261 e. The summed E-state index contributed by atoms with van der Waals surface area (Å²) in [6.45, 7) is 9.45. The van der Waals surface area contributed by atoms with Crippen LogP contribution in [0.5, 0.6) is 0 Å². The largest absolute Gasteiger partial charge is 0.405 e. The summed E-state index contributed by atoms with van der Waals surface area (Å²) in [6.07, 6.45) is 1.83. The Balaban J connectivity index is 1.97. The fourth-order valence-corrected chi connectivity index (χ4v) is 8.79. The van der Waals surface area contributed by atoms with Crippen molar-refractivity contribution in [3.05, 3.63) is 60.7 Å². The first-order valence-corrected chi connectivity index (χ1v) is 11.8. The molecule has 1 saturated heterocycles. The van der Waals surface area contributed by atoms with E-state index in [1.807, 2.05) is 6.92 Å². The van der Waals surface area contributed by atoms with E-state index in [-0.39, 0.29) is 17.7 Å². The second-order valence-corrected chi connectivity index (χ2v) is 13.2. The van der Waals surface area contributed by atoms with Crippen LogP contribution in [-0.4, -0.2) is 38.3 Å². The van der Waals surface area contributed by atoms with E-state index in [9.17, 15) is 5.11 Å². The van der Waals surface area contributed by atoms with E-state index < -0.39 is 13.9 Å². The molecule has 0 unspecified atom stereocenters. The molecule has 146 valence electrons. The van der Waals surface area contributed by atoms with Gasteiger partial charge >= 0.3 is 0 Å². The predicted octanol–water partition coefficient (Wildman–Crippen LogP) is 3.49. The number of hydrogen-bond donors (Lipinski definition) is 1. The molecule has 1 aliphatic rings. The highest BCUT2D eigenvalue weighted by molar-refractivity contribution is 6.99. The van der Waals surface area contributed by atoms with E-state index in [4.69, 9.17) is 9.16 Å². The molecular formula is C23H32O3Si. The van der Waals surface area contributed by atoms with Crippen molar-refractivity contribution in [2.75, 3.05) is 13.2 Å². The molecule has 0 amide bonds. The molecule has 1 heterocycles. The minimum atomic E-state index is -2.52. The van der Waals surface area contributed by atoms with Crippen LogP contribution in [-0.2, 0) is 9.16 Å². The highest BCUT2D eigenvalue weighted by Crippen LogP contribution is 2.38. The quantitative estimate of drug-likeness (QED) is 0.775. The zero-order valence-electron chi connectivity index (χ0n) is 16.9. The lowest BCUT2D eigenvalue weighted by molar-refractivity contribution is -0.0725. The molecule has 0 aliphatic carbocycles. The van der Waals surface area contributed by atoms with Gasteiger partial charge in [0.1, 0.15) is 0 Å². The third-order valence-corrected chi connectivity index (χ3v) is 10.7. The molecule has 1 N–H and O–H groups in total. The Morgan fingerprint density at radius 3 is 1.96 bits per heavy atom. The highest BCUT2D eigenvalue weighted by Gasteiger charge is 2.51. The number of benzene rings is 2. The summed E-state index contributed by atoms with van der Waals surface area (Å²) < 4.78 is 13.0. The molecule has 0 spiro atoms. The van der Waals surface area contributed by atoms with Gasteiger partial charge in [0.25, 0.3) is 8.32 Å². The van der Waals surface area contributed by atoms with Crippen LogP contribution < -0.4 is 10.4 Å². The maximum absolute atomic E-state index is 9.60. The van der Waals surface area contributed by atoms with Gasteiger partial charge in [0.05, 0.1) is 24.9 Å². The van der Waals surface area contributed by atoms with Gasteiger partial charge in [-0.1, -0.05) is 81.4 Å². The molecule has 1 fully saturated rings. The fourth-order valence-electron chi connectivity index (χ4n) is 4.20. The van der Waals surface area contributed by atoms with Crippen molar-refractivity contribution in [1.82, 2.24) is 0 Å². The first-order chi connectivity index (χ1) is 12.8. The SMILES string of the molecule is CC(C)(C)[Si](OC[C@H]1CC[C@](C)(CO)O1)(c1ccccc1)c1ccccc1. The third-order valence-electron chi connectivity index (χ3n) is 5.68. The Morgan fingerprint density at radius 1 is 1.04 bits per heavy atom. The molecule has 4 heteroatoms. The van der Waals surface area contributed by atoms with Gasteiger partial charge in [0, 0.05) is 0 Å². The molecule has 1 aliphatic heterocycles. The summed E-state index contributed by atoms with van der Waals surface area (Å²) in [5.41, 5.74) is -0.431. The zero-order valence-corrected chi connectivity index (χ0v) is 17.9. The second-order valence-electron chi connectivity index (χ2n) is 8.86. The van der Waals surface area contributed by atoms with Crippen molar-refractivity contribution in [2.24, 2.45) is 0 Å². The van der Waals surface area contributed by atoms with Gasteiger partial charge in [-0.05, 0) is 35.2 Å². The molecule has 0 aromatic heterocycles. The van der Waals surface area contributed by atoms with E-state index in [1.54, 1.807) is 0 Å². The van der Waals surface area contributed by atoms with Crippen molar-refractivity contribution in [3.63, 3.8) is 0 Å². The van der Waals surface area contributed by atoms with Gasteiger partial charge in [0.15, 0.2) is 0 Å². The zero-order chi connectivity index (χ0) is 19.5. The molecule has 3 nitrogen and oxygen atoms in total. The van der Waals surface area contributed by atoms with Crippen LogP contribution in [0.15, 0.2) is 60.7 Å². The topological polar surface area (TPSA) is 38.7 Å². The van der Waals surface area contributed by atoms with Gasteiger partial charge in [0.2, 0.25) is 0 Å². The van der Waals surface area contributed by atoms with Crippen molar-refractivity contribution >= 4 is 18.7 Å². The minimum Gasteiger partial charge on any atom is -0.405 e. The molecule has 2 atom stereocenters. The number of aliphatic hydroxyl groups excluding tert-OH is 1. The van der Waals surface area contributed by atoms with E-state index in [2.05, 4.69) is 81.4 Å². The van der Waals surface area contributed by atoms with Crippen molar-refractivity contribution < 1.29 is 14.3 Å². The van der Waals surface area contributed by atoms with Gasteiger partial charge < -0.3 is 14.3 Å². The van der Waals surface area contributed by atoms with Crippen LogP contribution in [0.25, 0.3) is 0 Å². The summed E-state index contributed by atoms with van der Waals surface area (Å²) in [6, 6.07) is 21.3. The number of hydrogen-bond acceptors (Lipinski definition) is 3. The Kier molecular flexibility index (Phi) is 5.92. The van der Waals surface area contributed by atoms with Crippen LogP contribution >= 0.6 is 0 Å². The lowest BCUT2D eigenvalue weighted by Gasteiger charge is -2.43. The van der Waals surface area contributed by atoms with Gasteiger partial charge in [-0.3, -0.25) is 0 Å². The molecule has 0 radical (unpaired) electrons. The summed E-state index contributed by atoms with van der Waals surface area (Å²) in [4.78, 5) is 0. The van der Waals surface area contributed by atoms with Gasteiger partial charge in [-0.25, -0.2) is 0 Å². The van der Waals surface area contributed by atoms with Gasteiger partial charge in [-0.15, -0.1) is 0 Å². The average molecular weight is 385 g/mol. The Morgan fingerprint density at radius 2 is 1.56 bits per heavy atom. The van der Waals surface area contributed by atoms with E-state index in [0.717, 1.165) is 12.8 Å². The normalized spacial score (nSPS) is 23.5. The average Bonchev–Trinajstić information content (AvgIpc) is 3.05. The van der Waals surface area contributed by atoms with E-state index in [1.165, 1.54) is 10.4 Å². The van der Waals surface area contributed by atoms with Crippen LogP contribution in [0.3, 0.4) is 0 Å². The minimum absolute atomic E-state index is 0.0313. The Hall–Kier alpha value is -1.46. The summed E-state index contributed by atoms with van der Waals surface area (Å²) in [5.74, 6) is 0. The first kappa shape index (κ1) is 20.3. The highest BCUT2D eigenvalue weighted by atomic mass is 28.4. The van der Waals surface area contributed by atoms with Crippen LogP contribution in [0.2, 0.25) is 5.04 Å². The van der Waals surface area contributed by atoms with Gasteiger partial charge in [-0.2, -0.15) is 0 Å². The summed E-state index contributed by atoms with van der Waals surface area (Å²) in [5, 5.41) is 12.1. The lowest BCUT2D eigenvalue weighted by atomic mass is 10.0. The second kappa shape index (κ2) is 7.88. The van der Waals surface area contributed by atoms with Crippen LogP contribution in [0.1, 0.15) is 40.5 Å². The van der Waals surface area contributed by atoms with Crippen molar-refractivity contribution in [2.45, 2.75) is 57.3 Å². The van der Waals surface area contributed by atoms with Crippen molar-refractivity contribution in [3.8, 4) is 0 Å². The third kappa shape index (κ3) is 4.04. The van der Waals surface area contributed by atoms with E-state index >= 15 is 0 Å². The molecule has 3 rings (SSSR count). The molecule has 27 heavy (non-hydrogen) atoms. The van der Waals surface area contributed by atoms with Crippen LogP contribution in [0.4, 0.5) is 0 Å². The molecule has 0 bridgehead atoms. The number of aliphatic hydroxyl groups is 1. The lowest BCUT2D eigenvalue weighted by Crippen LogP contribution is -2.67. The monoisotopic (exact) mass is 384 g/mol. The number of rotatable bonds is 6.